The van der Waals surface area contributed by atoms with Gasteiger partial charge in [0.1, 0.15) is 0 Å². The Balaban J connectivity index is 2.01. The van der Waals surface area contributed by atoms with Gasteiger partial charge in [-0.1, -0.05) is 0 Å². The lowest BCUT2D eigenvalue weighted by Gasteiger charge is -2.39. The number of piperazine rings is 1. The topological polar surface area (TPSA) is 52.7 Å². The van der Waals surface area contributed by atoms with Crippen molar-refractivity contribution in [2.45, 2.75) is 39.3 Å². The van der Waals surface area contributed by atoms with E-state index in [9.17, 15) is 9.59 Å². The summed E-state index contributed by atoms with van der Waals surface area (Å²) in [6, 6.07) is 0.527. The number of nitrogens with zero attached hydrogens (tertiary/aromatic N) is 2. The van der Waals surface area contributed by atoms with E-state index in [1.54, 1.807) is 4.90 Å². The summed E-state index contributed by atoms with van der Waals surface area (Å²) in [5.74, 6) is 0.136. The molecule has 3 unspecified atom stereocenters. The van der Waals surface area contributed by atoms with Gasteiger partial charge in [0.05, 0.1) is 5.92 Å². The van der Waals surface area contributed by atoms with E-state index < -0.39 is 0 Å². The fourth-order valence-electron chi connectivity index (χ4n) is 2.85. The predicted molar refractivity (Wildman–Crippen MR) is 69.0 cm³/mol. The van der Waals surface area contributed by atoms with Gasteiger partial charge in [-0.15, -0.1) is 0 Å². The highest BCUT2D eigenvalue weighted by Gasteiger charge is 2.38. The lowest BCUT2D eigenvalue weighted by molar-refractivity contribution is -0.139. The van der Waals surface area contributed by atoms with Crippen LogP contribution in [-0.4, -0.2) is 59.9 Å². The smallest absolute Gasteiger partial charge is 0.228 e. The fraction of sp³-hybridized carbons (Fsp3) is 0.846. The molecule has 0 saturated carbocycles. The Bertz CT molecular complexity index is 345. The summed E-state index contributed by atoms with van der Waals surface area (Å²) < 4.78 is 0. The highest BCUT2D eigenvalue weighted by atomic mass is 16.2. The van der Waals surface area contributed by atoms with E-state index in [-0.39, 0.29) is 23.8 Å². The van der Waals surface area contributed by atoms with E-state index in [1.807, 2.05) is 11.8 Å². The highest BCUT2D eigenvalue weighted by Crippen LogP contribution is 2.22. The molecule has 0 aliphatic carbocycles. The Labute approximate surface area is 108 Å². The third-order valence-corrected chi connectivity index (χ3v) is 4.26. The zero-order valence-corrected chi connectivity index (χ0v) is 11.5. The number of carbonyl (C=O) groups excluding carboxylic acids is 2. The van der Waals surface area contributed by atoms with Gasteiger partial charge in [0.25, 0.3) is 0 Å². The zero-order valence-electron chi connectivity index (χ0n) is 11.5. The second-order valence-electron chi connectivity index (χ2n) is 5.35. The molecule has 2 fully saturated rings. The van der Waals surface area contributed by atoms with Crippen LogP contribution < -0.4 is 5.32 Å². The van der Waals surface area contributed by atoms with Crippen molar-refractivity contribution in [3.05, 3.63) is 0 Å². The van der Waals surface area contributed by atoms with Crippen LogP contribution in [0.25, 0.3) is 0 Å². The molecule has 0 aromatic carbocycles. The third kappa shape index (κ3) is 2.36. The molecule has 2 aliphatic rings. The van der Waals surface area contributed by atoms with Crippen molar-refractivity contribution in [3.63, 3.8) is 0 Å². The van der Waals surface area contributed by atoms with Crippen LogP contribution in [0.15, 0.2) is 0 Å². The maximum atomic E-state index is 12.5. The molecule has 2 rings (SSSR count). The molecule has 18 heavy (non-hydrogen) atoms. The van der Waals surface area contributed by atoms with Crippen molar-refractivity contribution in [1.29, 1.82) is 0 Å². The molecule has 2 saturated heterocycles. The quantitative estimate of drug-likeness (QED) is 0.757. The summed E-state index contributed by atoms with van der Waals surface area (Å²) in [6.07, 6.45) is 0.387. The van der Waals surface area contributed by atoms with Crippen LogP contribution >= 0.6 is 0 Å². The molecule has 0 bridgehead atoms. The molecular formula is C13H23N3O2. The van der Waals surface area contributed by atoms with Crippen LogP contribution in [0.4, 0.5) is 0 Å². The van der Waals surface area contributed by atoms with Crippen molar-refractivity contribution in [2.75, 3.05) is 26.2 Å². The zero-order chi connectivity index (χ0) is 13.3. The largest absolute Gasteiger partial charge is 0.342 e. The minimum Gasteiger partial charge on any atom is -0.342 e. The Morgan fingerprint density at radius 3 is 2.78 bits per heavy atom. The molecule has 2 aliphatic heterocycles. The molecule has 2 amide bonds. The molecule has 1 N–H and O–H groups in total. The molecule has 0 aromatic heterocycles. The molecule has 2 heterocycles. The minimum absolute atomic E-state index is 0.117. The minimum atomic E-state index is -0.134. The van der Waals surface area contributed by atoms with Gasteiger partial charge in [0.15, 0.2) is 0 Å². The van der Waals surface area contributed by atoms with Crippen molar-refractivity contribution in [1.82, 2.24) is 15.1 Å². The fourth-order valence-corrected chi connectivity index (χ4v) is 2.85. The van der Waals surface area contributed by atoms with Gasteiger partial charge in [-0.05, 0) is 20.8 Å². The van der Waals surface area contributed by atoms with Crippen LogP contribution in [0.5, 0.6) is 0 Å². The summed E-state index contributed by atoms with van der Waals surface area (Å²) in [6.45, 7) is 9.03. The monoisotopic (exact) mass is 253 g/mol. The first-order valence-electron chi connectivity index (χ1n) is 6.86. The number of hydrogen-bond acceptors (Lipinski definition) is 3. The first-order chi connectivity index (χ1) is 8.54. The molecule has 5 heteroatoms. The van der Waals surface area contributed by atoms with Gasteiger partial charge in [-0.3, -0.25) is 9.59 Å². The number of carbonyl (C=O) groups is 2. The number of likely N-dealkylation sites (tertiary alicyclic amines) is 1. The van der Waals surface area contributed by atoms with Crippen LogP contribution in [0, 0.1) is 5.92 Å². The standard InChI is InChI=1S/C13H23N3O2/c1-4-15-8-11(7-12(15)17)13(18)16-6-5-14-9(2)10(16)3/h9-11,14H,4-8H2,1-3H3. The van der Waals surface area contributed by atoms with Gasteiger partial charge in [0.2, 0.25) is 11.8 Å². The lowest BCUT2D eigenvalue weighted by atomic mass is 10.0. The van der Waals surface area contributed by atoms with E-state index in [1.165, 1.54) is 0 Å². The van der Waals surface area contributed by atoms with E-state index in [0.717, 1.165) is 13.1 Å². The first kappa shape index (κ1) is 13.3. The number of hydrogen-bond donors (Lipinski definition) is 1. The van der Waals surface area contributed by atoms with Gasteiger partial charge in [0, 0.05) is 44.7 Å². The lowest BCUT2D eigenvalue weighted by Crippen LogP contribution is -2.58. The Kier molecular flexibility index (Phi) is 3.90. The molecule has 5 nitrogen and oxygen atoms in total. The van der Waals surface area contributed by atoms with E-state index in [2.05, 4.69) is 19.2 Å². The van der Waals surface area contributed by atoms with Crippen LogP contribution in [-0.2, 0) is 9.59 Å². The number of nitrogens with one attached hydrogen (secondary N) is 1. The van der Waals surface area contributed by atoms with Gasteiger partial charge in [-0.25, -0.2) is 0 Å². The van der Waals surface area contributed by atoms with E-state index in [0.29, 0.717) is 25.6 Å². The summed E-state index contributed by atoms with van der Waals surface area (Å²) in [5, 5.41) is 3.36. The predicted octanol–water partition coefficient (Wildman–Crippen LogP) is 0.0636. The number of rotatable bonds is 2. The molecule has 3 atom stereocenters. The molecule has 0 spiro atoms. The van der Waals surface area contributed by atoms with Crippen LogP contribution in [0.2, 0.25) is 0 Å². The average molecular weight is 253 g/mol. The molecule has 102 valence electrons. The normalized spacial score (nSPS) is 33.1. The Morgan fingerprint density at radius 2 is 2.17 bits per heavy atom. The second-order valence-corrected chi connectivity index (χ2v) is 5.35. The van der Waals surface area contributed by atoms with Crippen molar-refractivity contribution in [2.24, 2.45) is 5.92 Å². The van der Waals surface area contributed by atoms with Gasteiger partial charge >= 0.3 is 0 Å². The molecular weight excluding hydrogens is 230 g/mol. The maximum absolute atomic E-state index is 12.5. The maximum Gasteiger partial charge on any atom is 0.228 e. The summed E-state index contributed by atoms with van der Waals surface area (Å²) >= 11 is 0. The molecule has 0 aromatic rings. The van der Waals surface area contributed by atoms with Crippen LogP contribution in [0.3, 0.4) is 0 Å². The van der Waals surface area contributed by atoms with Crippen molar-refractivity contribution < 1.29 is 9.59 Å². The van der Waals surface area contributed by atoms with E-state index >= 15 is 0 Å². The van der Waals surface area contributed by atoms with Crippen molar-refractivity contribution in [3.8, 4) is 0 Å². The SMILES string of the molecule is CCN1CC(C(=O)N2CCNC(C)C2C)CC1=O. The van der Waals surface area contributed by atoms with Crippen LogP contribution in [0.1, 0.15) is 27.2 Å². The Hall–Kier alpha value is -1.10. The van der Waals surface area contributed by atoms with Gasteiger partial charge in [-0.2, -0.15) is 0 Å². The van der Waals surface area contributed by atoms with Crippen molar-refractivity contribution >= 4 is 11.8 Å². The summed E-state index contributed by atoms with van der Waals surface area (Å²) in [5.41, 5.74) is 0. The summed E-state index contributed by atoms with van der Waals surface area (Å²) in [4.78, 5) is 27.9. The molecule has 0 radical (unpaired) electrons. The second kappa shape index (κ2) is 5.26. The van der Waals surface area contributed by atoms with Gasteiger partial charge < -0.3 is 15.1 Å². The average Bonchev–Trinajstić information content (AvgIpc) is 2.73. The first-order valence-corrected chi connectivity index (χ1v) is 6.86. The Morgan fingerprint density at radius 1 is 1.44 bits per heavy atom. The number of amides is 2. The highest BCUT2D eigenvalue weighted by molar-refractivity contribution is 5.89. The van der Waals surface area contributed by atoms with E-state index in [4.69, 9.17) is 0 Å². The summed E-state index contributed by atoms with van der Waals surface area (Å²) in [7, 11) is 0. The third-order valence-electron chi connectivity index (χ3n) is 4.26.